The molecule has 0 spiro atoms. The molecule has 0 radical (unpaired) electrons. The second-order valence-corrected chi connectivity index (χ2v) is 7.01. The van der Waals surface area contributed by atoms with E-state index in [1.54, 1.807) is 23.1 Å². The number of amides is 2. The Bertz CT molecular complexity index is 892. The van der Waals surface area contributed by atoms with Gasteiger partial charge in [0.2, 0.25) is 0 Å². The number of nitrogens with zero attached hydrogens (tertiary/aromatic N) is 2. The predicted octanol–water partition coefficient (Wildman–Crippen LogP) is 3.11. The number of hydrogen-bond donors (Lipinski definition) is 0. The lowest BCUT2D eigenvalue weighted by Gasteiger charge is -2.27. The van der Waals surface area contributed by atoms with Crippen LogP contribution in [-0.2, 0) is 17.8 Å². The van der Waals surface area contributed by atoms with Crippen molar-refractivity contribution in [1.29, 1.82) is 0 Å². The molecule has 0 aromatic heterocycles. The van der Waals surface area contributed by atoms with Gasteiger partial charge in [0.25, 0.3) is 11.8 Å². The van der Waals surface area contributed by atoms with E-state index in [0.29, 0.717) is 44.0 Å². The first-order valence-corrected chi connectivity index (χ1v) is 9.15. The third-order valence-corrected chi connectivity index (χ3v) is 5.31. The third-order valence-electron chi connectivity index (χ3n) is 4.95. The van der Waals surface area contributed by atoms with Crippen LogP contribution in [0.1, 0.15) is 31.8 Å². The Kier molecular flexibility index (Phi) is 4.85. The van der Waals surface area contributed by atoms with Crippen molar-refractivity contribution in [2.45, 2.75) is 13.1 Å². The zero-order valence-corrected chi connectivity index (χ0v) is 15.3. The van der Waals surface area contributed by atoms with E-state index in [1.807, 2.05) is 6.07 Å². The molecule has 140 valence electrons. The highest BCUT2D eigenvalue weighted by molar-refractivity contribution is 6.31. The fourth-order valence-electron chi connectivity index (χ4n) is 3.54. The van der Waals surface area contributed by atoms with Gasteiger partial charge in [0.1, 0.15) is 5.82 Å². The summed E-state index contributed by atoms with van der Waals surface area (Å²) in [7, 11) is 0. The van der Waals surface area contributed by atoms with E-state index in [2.05, 4.69) is 0 Å². The minimum Gasteiger partial charge on any atom is -0.378 e. The zero-order valence-electron chi connectivity index (χ0n) is 14.6. The topological polar surface area (TPSA) is 49.9 Å². The number of morpholine rings is 1. The van der Waals surface area contributed by atoms with Crippen molar-refractivity contribution >= 4 is 23.4 Å². The second-order valence-electron chi connectivity index (χ2n) is 6.61. The van der Waals surface area contributed by atoms with Crippen LogP contribution < -0.4 is 0 Å². The number of ether oxygens (including phenoxy) is 1. The van der Waals surface area contributed by atoms with Crippen LogP contribution in [0, 0.1) is 5.82 Å². The van der Waals surface area contributed by atoms with Crippen LogP contribution in [-0.4, -0.2) is 47.9 Å². The lowest BCUT2D eigenvalue weighted by molar-refractivity contribution is 0.0301. The lowest BCUT2D eigenvalue weighted by atomic mass is 10.0. The molecule has 5 nitrogen and oxygen atoms in total. The van der Waals surface area contributed by atoms with Gasteiger partial charge in [-0.1, -0.05) is 29.8 Å². The van der Waals surface area contributed by atoms with Crippen molar-refractivity contribution < 1.29 is 18.7 Å². The van der Waals surface area contributed by atoms with Gasteiger partial charge < -0.3 is 14.5 Å². The third kappa shape index (κ3) is 3.31. The Balaban J connectivity index is 1.62. The summed E-state index contributed by atoms with van der Waals surface area (Å²) in [6.07, 6.45) is 0. The van der Waals surface area contributed by atoms with Crippen LogP contribution in [0.15, 0.2) is 36.4 Å². The average molecular weight is 389 g/mol. The summed E-state index contributed by atoms with van der Waals surface area (Å²) in [5.41, 5.74) is 1.84. The monoisotopic (exact) mass is 388 g/mol. The van der Waals surface area contributed by atoms with Crippen molar-refractivity contribution in [3.63, 3.8) is 0 Å². The van der Waals surface area contributed by atoms with E-state index in [-0.39, 0.29) is 28.9 Å². The Labute approximate surface area is 161 Å². The second kappa shape index (κ2) is 7.29. The number of halogens is 2. The predicted molar refractivity (Wildman–Crippen MR) is 98.2 cm³/mol. The van der Waals surface area contributed by atoms with Crippen molar-refractivity contribution in [2.75, 3.05) is 26.3 Å². The molecule has 0 atom stereocenters. The summed E-state index contributed by atoms with van der Waals surface area (Å²) in [6.45, 7) is 2.38. The maximum absolute atomic E-state index is 14.1. The smallest absolute Gasteiger partial charge is 0.255 e. The Morgan fingerprint density at radius 1 is 1.15 bits per heavy atom. The molecule has 27 heavy (non-hydrogen) atoms. The number of carbonyl (C=O) groups is 2. The average Bonchev–Trinajstić information content (AvgIpc) is 3.01. The van der Waals surface area contributed by atoms with Gasteiger partial charge in [-0.05, 0) is 23.8 Å². The number of fused-ring (bicyclic) bond motifs is 1. The highest BCUT2D eigenvalue weighted by Gasteiger charge is 2.34. The summed E-state index contributed by atoms with van der Waals surface area (Å²) in [4.78, 5) is 29.1. The van der Waals surface area contributed by atoms with E-state index in [4.69, 9.17) is 16.3 Å². The van der Waals surface area contributed by atoms with E-state index in [0.717, 1.165) is 5.56 Å². The SMILES string of the molecule is O=C(c1cccc2c1C(=O)N(Cc1c(F)cccc1Cl)C2)N1CCOCC1. The molecular formula is C20H18ClFN2O3. The maximum atomic E-state index is 14.1. The Morgan fingerprint density at radius 2 is 1.89 bits per heavy atom. The quantitative estimate of drug-likeness (QED) is 0.811. The van der Waals surface area contributed by atoms with Crippen molar-refractivity contribution in [1.82, 2.24) is 9.80 Å². The van der Waals surface area contributed by atoms with Gasteiger partial charge in [-0.3, -0.25) is 9.59 Å². The molecule has 2 aromatic rings. The van der Waals surface area contributed by atoms with E-state index in [1.165, 1.54) is 17.0 Å². The summed E-state index contributed by atoms with van der Waals surface area (Å²) in [6, 6.07) is 9.73. The normalized spacial score (nSPS) is 16.6. The van der Waals surface area contributed by atoms with Crippen molar-refractivity contribution in [3.05, 3.63) is 69.5 Å². The van der Waals surface area contributed by atoms with Crippen LogP contribution in [0.4, 0.5) is 4.39 Å². The standard InChI is InChI=1S/C20H18ClFN2O3/c21-16-5-2-6-17(22)15(16)12-24-11-13-3-1-4-14(18(13)20(24)26)19(25)23-7-9-27-10-8-23/h1-6H,7-12H2. The minimum atomic E-state index is -0.448. The van der Waals surface area contributed by atoms with Gasteiger partial charge in [-0.25, -0.2) is 4.39 Å². The first kappa shape index (κ1) is 17.9. The molecule has 2 aliphatic heterocycles. The first-order valence-electron chi connectivity index (χ1n) is 8.77. The van der Waals surface area contributed by atoms with Crippen LogP contribution >= 0.6 is 11.6 Å². The van der Waals surface area contributed by atoms with Crippen molar-refractivity contribution in [3.8, 4) is 0 Å². The summed E-state index contributed by atoms with van der Waals surface area (Å²) < 4.78 is 19.4. The summed E-state index contributed by atoms with van der Waals surface area (Å²) in [5, 5.41) is 0.281. The molecule has 0 bridgehead atoms. The summed E-state index contributed by atoms with van der Waals surface area (Å²) in [5.74, 6) is -0.897. The molecule has 0 aliphatic carbocycles. The first-order chi connectivity index (χ1) is 13.1. The molecule has 7 heteroatoms. The highest BCUT2D eigenvalue weighted by Crippen LogP contribution is 2.30. The molecule has 0 N–H and O–H groups in total. The summed E-state index contributed by atoms with van der Waals surface area (Å²) >= 11 is 6.10. The van der Waals surface area contributed by atoms with Crippen LogP contribution in [0.3, 0.4) is 0 Å². The van der Waals surface area contributed by atoms with Gasteiger partial charge in [0.15, 0.2) is 0 Å². The number of hydrogen-bond acceptors (Lipinski definition) is 3. The fraction of sp³-hybridized carbons (Fsp3) is 0.300. The molecule has 0 unspecified atom stereocenters. The van der Waals surface area contributed by atoms with E-state index >= 15 is 0 Å². The highest BCUT2D eigenvalue weighted by atomic mass is 35.5. The molecule has 2 aliphatic rings. The van der Waals surface area contributed by atoms with Gasteiger partial charge >= 0.3 is 0 Å². The van der Waals surface area contributed by atoms with Crippen LogP contribution in [0.2, 0.25) is 5.02 Å². The van der Waals surface area contributed by atoms with Crippen LogP contribution in [0.5, 0.6) is 0 Å². The molecular weight excluding hydrogens is 371 g/mol. The number of rotatable bonds is 3. The van der Waals surface area contributed by atoms with Crippen LogP contribution in [0.25, 0.3) is 0 Å². The minimum absolute atomic E-state index is 0.0597. The molecule has 0 saturated carbocycles. The molecule has 4 rings (SSSR count). The largest absolute Gasteiger partial charge is 0.378 e. The maximum Gasteiger partial charge on any atom is 0.255 e. The Hall–Kier alpha value is -2.44. The van der Waals surface area contributed by atoms with Gasteiger partial charge in [-0.2, -0.15) is 0 Å². The van der Waals surface area contributed by atoms with Gasteiger partial charge in [0.05, 0.1) is 30.9 Å². The molecule has 1 fully saturated rings. The van der Waals surface area contributed by atoms with E-state index < -0.39 is 5.82 Å². The zero-order chi connectivity index (χ0) is 19.0. The fourth-order valence-corrected chi connectivity index (χ4v) is 3.76. The lowest BCUT2D eigenvalue weighted by Crippen LogP contribution is -2.41. The van der Waals surface area contributed by atoms with Gasteiger partial charge in [-0.15, -0.1) is 0 Å². The molecule has 2 amide bonds. The Morgan fingerprint density at radius 3 is 2.63 bits per heavy atom. The molecule has 1 saturated heterocycles. The van der Waals surface area contributed by atoms with E-state index in [9.17, 15) is 14.0 Å². The number of carbonyl (C=O) groups excluding carboxylic acids is 2. The van der Waals surface area contributed by atoms with Gasteiger partial charge in [0, 0.05) is 30.2 Å². The molecule has 2 heterocycles. The van der Waals surface area contributed by atoms with Crippen molar-refractivity contribution in [2.24, 2.45) is 0 Å². The molecule has 2 aromatic carbocycles. The number of benzene rings is 2.